The van der Waals surface area contributed by atoms with Gasteiger partial charge in [-0.25, -0.2) is 0 Å². The van der Waals surface area contributed by atoms with Gasteiger partial charge in [0.1, 0.15) is 18.4 Å². The van der Waals surface area contributed by atoms with Crippen LogP contribution in [0.15, 0.2) is 0 Å². The average molecular weight is 273 g/mol. The molecular weight excluding hydrogens is 250 g/mol. The normalized spacial score (nSPS) is 15.5. The second-order valence-corrected chi connectivity index (χ2v) is 4.91. The lowest BCUT2D eigenvalue weighted by molar-refractivity contribution is -0.131. The molecule has 0 aromatic rings. The molecule has 0 saturated heterocycles. The molecule has 0 spiro atoms. The Morgan fingerprint density at radius 2 is 1.79 bits per heavy atom. The molecule has 0 aliphatic rings. The Balaban J connectivity index is 4.66. The number of aldehydes is 1. The molecule has 19 heavy (non-hydrogen) atoms. The molecule has 0 unspecified atom stereocenters. The number of aliphatic hydroxyl groups is 1. The summed E-state index contributed by atoms with van der Waals surface area (Å²) in [5.74, 6) is -0.859. The molecule has 7 nitrogen and oxygen atoms in total. The highest BCUT2D eigenvalue weighted by atomic mass is 16.3. The van der Waals surface area contributed by atoms with Crippen LogP contribution in [-0.2, 0) is 14.4 Å². The molecule has 0 bridgehead atoms. The molecule has 2 amide bonds. The molecule has 0 aliphatic heterocycles. The lowest BCUT2D eigenvalue weighted by Gasteiger charge is -2.22. The highest BCUT2D eigenvalue weighted by Crippen LogP contribution is 2.05. The number of hydrogen-bond acceptors (Lipinski definition) is 5. The lowest BCUT2D eigenvalue weighted by atomic mass is 10.0. The third kappa shape index (κ3) is 6.88. The molecule has 110 valence electrons. The standard InChI is InChI=1S/C12H23N3O4/c1-7(2)4-10(12(19)14-8(3)5-16)15-11(18)9(13)6-17/h5,7-10,17H,4,6,13H2,1-3H3,(H,14,19)(H,15,18)/t8-,9-,10-/m0/s1. The summed E-state index contributed by atoms with van der Waals surface area (Å²) in [4.78, 5) is 34.0. The summed E-state index contributed by atoms with van der Waals surface area (Å²) in [5.41, 5.74) is 5.37. The van der Waals surface area contributed by atoms with Gasteiger partial charge in [-0.05, 0) is 19.3 Å². The second kappa shape index (κ2) is 8.60. The number of nitrogens with one attached hydrogen (secondary N) is 2. The summed E-state index contributed by atoms with van der Waals surface area (Å²) in [6.07, 6.45) is 1.02. The number of rotatable bonds is 8. The number of aliphatic hydroxyl groups excluding tert-OH is 1. The Morgan fingerprint density at radius 1 is 1.21 bits per heavy atom. The lowest BCUT2D eigenvalue weighted by Crippen LogP contribution is -2.54. The van der Waals surface area contributed by atoms with Crippen molar-refractivity contribution in [2.75, 3.05) is 6.61 Å². The van der Waals surface area contributed by atoms with Crippen molar-refractivity contribution >= 4 is 18.1 Å². The molecule has 5 N–H and O–H groups in total. The van der Waals surface area contributed by atoms with Crippen LogP contribution in [0.3, 0.4) is 0 Å². The van der Waals surface area contributed by atoms with E-state index in [9.17, 15) is 14.4 Å². The molecule has 0 heterocycles. The van der Waals surface area contributed by atoms with Crippen molar-refractivity contribution < 1.29 is 19.5 Å². The average Bonchev–Trinajstić information content (AvgIpc) is 2.35. The SMILES string of the molecule is CC(C)C[C@H](NC(=O)[C@@H](N)CO)C(=O)N[C@@H](C)C=O. The molecule has 0 aromatic heterocycles. The van der Waals surface area contributed by atoms with E-state index in [1.54, 1.807) is 6.92 Å². The smallest absolute Gasteiger partial charge is 0.243 e. The van der Waals surface area contributed by atoms with Crippen LogP contribution in [0.4, 0.5) is 0 Å². The summed E-state index contributed by atoms with van der Waals surface area (Å²) in [5, 5.41) is 13.7. The molecule has 0 rings (SSSR count). The van der Waals surface area contributed by atoms with Gasteiger partial charge in [0.05, 0.1) is 12.6 Å². The Labute approximate surface area is 112 Å². The first-order valence-corrected chi connectivity index (χ1v) is 6.24. The summed E-state index contributed by atoms with van der Waals surface area (Å²) in [6, 6.07) is -2.45. The maximum atomic E-state index is 11.9. The summed E-state index contributed by atoms with van der Waals surface area (Å²) < 4.78 is 0. The number of amides is 2. The number of hydrogen-bond donors (Lipinski definition) is 4. The van der Waals surface area contributed by atoms with Crippen LogP contribution in [0.2, 0.25) is 0 Å². The van der Waals surface area contributed by atoms with Crippen molar-refractivity contribution in [3.05, 3.63) is 0 Å². The van der Waals surface area contributed by atoms with E-state index >= 15 is 0 Å². The second-order valence-electron chi connectivity index (χ2n) is 4.91. The molecule has 0 radical (unpaired) electrons. The zero-order chi connectivity index (χ0) is 15.0. The van der Waals surface area contributed by atoms with Crippen molar-refractivity contribution in [2.45, 2.75) is 45.3 Å². The third-order valence-electron chi connectivity index (χ3n) is 2.45. The van der Waals surface area contributed by atoms with Gasteiger partial charge in [0.25, 0.3) is 0 Å². The van der Waals surface area contributed by atoms with Crippen LogP contribution in [0, 0.1) is 5.92 Å². The van der Waals surface area contributed by atoms with Gasteiger partial charge in [-0.1, -0.05) is 13.8 Å². The van der Waals surface area contributed by atoms with E-state index in [4.69, 9.17) is 10.8 Å². The molecule has 7 heteroatoms. The predicted octanol–water partition coefficient (Wildman–Crippen LogP) is -1.46. The van der Waals surface area contributed by atoms with E-state index < -0.39 is 36.5 Å². The van der Waals surface area contributed by atoms with Gasteiger partial charge in [-0.3, -0.25) is 9.59 Å². The van der Waals surface area contributed by atoms with Crippen LogP contribution in [0.1, 0.15) is 27.2 Å². The van der Waals surface area contributed by atoms with E-state index in [0.29, 0.717) is 12.7 Å². The first-order valence-electron chi connectivity index (χ1n) is 6.24. The summed E-state index contributed by atoms with van der Waals surface area (Å²) >= 11 is 0. The van der Waals surface area contributed by atoms with Gasteiger partial charge in [0, 0.05) is 0 Å². The van der Waals surface area contributed by atoms with Crippen LogP contribution in [0.25, 0.3) is 0 Å². The highest BCUT2D eigenvalue weighted by Gasteiger charge is 2.25. The topological polar surface area (TPSA) is 122 Å². The zero-order valence-electron chi connectivity index (χ0n) is 11.6. The Hall–Kier alpha value is -1.47. The Morgan fingerprint density at radius 3 is 2.21 bits per heavy atom. The fourth-order valence-corrected chi connectivity index (χ4v) is 1.42. The largest absolute Gasteiger partial charge is 0.394 e. The number of nitrogens with two attached hydrogens (primary N) is 1. The Kier molecular flexibility index (Phi) is 7.94. The van der Waals surface area contributed by atoms with Gasteiger partial charge in [-0.15, -0.1) is 0 Å². The molecule has 0 saturated carbocycles. The van der Waals surface area contributed by atoms with Gasteiger partial charge in [0.15, 0.2) is 0 Å². The van der Waals surface area contributed by atoms with E-state index in [1.165, 1.54) is 0 Å². The van der Waals surface area contributed by atoms with Crippen molar-refractivity contribution in [3.63, 3.8) is 0 Å². The number of carbonyl (C=O) groups is 3. The van der Waals surface area contributed by atoms with E-state index in [1.807, 2.05) is 13.8 Å². The van der Waals surface area contributed by atoms with Gasteiger partial charge in [-0.2, -0.15) is 0 Å². The maximum Gasteiger partial charge on any atom is 0.243 e. The molecule has 0 fully saturated rings. The molecule has 3 atom stereocenters. The predicted molar refractivity (Wildman–Crippen MR) is 70.1 cm³/mol. The first-order chi connectivity index (χ1) is 8.81. The minimum atomic E-state index is -1.06. The fourth-order valence-electron chi connectivity index (χ4n) is 1.42. The first kappa shape index (κ1) is 17.5. The van der Waals surface area contributed by atoms with Gasteiger partial charge < -0.3 is 26.3 Å². The summed E-state index contributed by atoms with van der Waals surface area (Å²) in [7, 11) is 0. The number of carbonyl (C=O) groups excluding carboxylic acids is 3. The zero-order valence-corrected chi connectivity index (χ0v) is 11.6. The molecule has 0 aliphatic carbocycles. The van der Waals surface area contributed by atoms with Gasteiger partial charge >= 0.3 is 0 Å². The van der Waals surface area contributed by atoms with Crippen molar-refractivity contribution in [1.82, 2.24) is 10.6 Å². The van der Waals surface area contributed by atoms with Crippen LogP contribution >= 0.6 is 0 Å². The minimum Gasteiger partial charge on any atom is -0.394 e. The van der Waals surface area contributed by atoms with E-state index in [-0.39, 0.29) is 5.92 Å². The maximum absolute atomic E-state index is 11.9. The van der Waals surface area contributed by atoms with Crippen LogP contribution in [0.5, 0.6) is 0 Å². The minimum absolute atomic E-state index is 0.174. The van der Waals surface area contributed by atoms with Crippen LogP contribution in [-0.4, -0.2) is 47.9 Å². The fraction of sp³-hybridized carbons (Fsp3) is 0.750. The summed E-state index contributed by atoms with van der Waals surface area (Å²) in [6.45, 7) is 4.86. The van der Waals surface area contributed by atoms with Crippen LogP contribution < -0.4 is 16.4 Å². The highest BCUT2D eigenvalue weighted by molar-refractivity contribution is 5.90. The quantitative estimate of drug-likeness (QED) is 0.403. The van der Waals surface area contributed by atoms with Crippen molar-refractivity contribution in [1.29, 1.82) is 0 Å². The molecular formula is C12H23N3O4. The monoisotopic (exact) mass is 273 g/mol. The molecule has 0 aromatic carbocycles. The van der Waals surface area contributed by atoms with E-state index in [2.05, 4.69) is 10.6 Å². The van der Waals surface area contributed by atoms with Crippen molar-refractivity contribution in [3.8, 4) is 0 Å². The van der Waals surface area contributed by atoms with E-state index in [0.717, 1.165) is 0 Å². The van der Waals surface area contributed by atoms with Crippen molar-refractivity contribution in [2.24, 2.45) is 11.7 Å². The third-order valence-corrected chi connectivity index (χ3v) is 2.45. The van der Waals surface area contributed by atoms with Gasteiger partial charge in [0.2, 0.25) is 11.8 Å². The Bertz CT molecular complexity index is 320.